The van der Waals surface area contributed by atoms with Crippen molar-refractivity contribution in [1.29, 1.82) is 0 Å². The summed E-state index contributed by atoms with van der Waals surface area (Å²) in [6.07, 6.45) is 3.52. The predicted molar refractivity (Wildman–Crippen MR) is 110 cm³/mol. The molecule has 1 aliphatic heterocycles. The van der Waals surface area contributed by atoms with E-state index in [-0.39, 0.29) is 6.03 Å². The molecule has 2 aromatic heterocycles. The first-order chi connectivity index (χ1) is 14.1. The van der Waals surface area contributed by atoms with Crippen molar-refractivity contribution < 1.29 is 9.53 Å². The molecule has 1 aliphatic rings. The van der Waals surface area contributed by atoms with Gasteiger partial charge < -0.3 is 19.9 Å². The number of carbonyl (C=O) groups is 1. The summed E-state index contributed by atoms with van der Waals surface area (Å²) in [6.45, 7) is 4.56. The summed E-state index contributed by atoms with van der Waals surface area (Å²) in [4.78, 5) is 16.6. The number of anilines is 2. The number of nitrogens with one attached hydrogen (secondary N) is 1. The van der Waals surface area contributed by atoms with Gasteiger partial charge in [-0.1, -0.05) is 6.07 Å². The molecule has 0 radical (unpaired) electrons. The lowest BCUT2D eigenvalue weighted by Gasteiger charge is -2.35. The molecule has 0 unspecified atom stereocenters. The van der Waals surface area contributed by atoms with Crippen LogP contribution >= 0.6 is 0 Å². The van der Waals surface area contributed by atoms with Gasteiger partial charge in [-0.15, -0.1) is 10.2 Å². The second-order valence-corrected chi connectivity index (χ2v) is 6.81. The number of rotatable bonds is 4. The van der Waals surface area contributed by atoms with Crippen molar-refractivity contribution in [3.8, 4) is 11.6 Å². The molecular formula is C20H23N7O2. The summed E-state index contributed by atoms with van der Waals surface area (Å²) in [5.41, 5.74) is 1.74. The Labute approximate surface area is 168 Å². The van der Waals surface area contributed by atoms with E-state index in [2.05, 4.69) is 25.5 Å². The molecule has 9 heteroatoms. The fourth-order valence-electron chi connectivity index (χ4n) is 3.27. The molecule has 0 spiro atoms. The van der Waals surface area contributed by atoms with Crippen LogP contribution < -0.4 is 15.0 Å². The van der Waals surface area contributed by atoms with Crippen LogP contribution in [0.25, 0.3) is 5.82 Å². The molecule has 0 aliphatic carbocycles. The molecule has 0 saturated carbocycles. The van der Waals surface area contributed by atoms with Crippen LogP contribution in [-0.4, -0.2) is 64.2 Å². The van der Waals surface area contributed by atoms with Crippen LogP contribution in [0.4, 0.5) is 16.3 Å². The minimum Gasteiger partial charge on any atom is -0.495 e. The number of carbonyl (C=O) groups excluding carboxylic acids is 1. The van der Waals surface area contributed by atoms with Gasteiger partial charge in [-0.05, 0) is 42.8 Å². The number of benzene rings is 1. The summed E-state index contributed by atoms with van der Waals surface area (Å²) < 4.78 is 7.00. The lowest BCUT2D eigenvalue weighted by atomic mass is 10.2. The van der Waals surface area contributed by atoms with Crippen molar-refractivity contribution in [1.82, 2.24) is 24.9 Å². The van der Waals surface area contributed by atoms with E-state index in [9.17, 15) is 4.79 Å². The van der Waals surface area contributed by atoms with Crippen LogP contribution in [0, 0.1) is 6.92 Å². The topological polar surface area (TPSA) is 88.4 Å². The first-order valence-corrected chi connectivity index (χ1v) is 9.43. The minimum atomic E-state index is -0.131. The Morgan fingerprint density at radius 1 is 1.07 bits per heavy atom. The zero-order valence-corrected chi connectivity index (χ0v) is 16.4. The second kappa shape index (κ2) is 8.17. The maximum absolute atomic E-state index is 12.7. The molecule has 2 amide bonds. The predicted octanol–water partition coefficient (Wildman–Crippen LogP) is 2.33. The van der Waals surface area contributed by atoms with Crippen LogP contribution in [-0.2, 0) is 0 Å². The first kappa shape index (κ1) is 18.7. The fraction of sp³-hybridized carbons (Fsp3) is 0.300. The molecule has 29 heavy (non-hydrogen) atoms. The van der Waals surface area contributed by atoms with Crippen LogP contribution in [0.1, 0.15) is 5.56 Å². The molecule has 9 nitrogen and oxygen atoms in total. The van der Waals surface area contributed by atoms with Crippen LogP contribution in [0.3, 0.4) is 0 Å². The van der Waals surface area contributed by atoms with Crippen molar-refractivity contribution in [3.63, 3.8) is 0 Å². The number of nitrogens with zero attached hydrogens (tertiary/aromatic N) is 6. The van der Waals surface area contributed by atoms with E-state index in [1.54, 1.807) is 22.9 Å². The number of aryl methyl sites for hydroxylation is 1. The Morgan fingerprint density at radius 2 is 1.83 bits per heavy atom. The van der Waals surface area contributed by atoms with Gasteiger partial charge in [-0.2, -0.15) is 5.10 Å². The standard InChI is InChI=1S/C20H23N7O2/c1-15-4-5-17(29-2)16(14-15)22-20(28)26-12-10-25(11-13-26)18-6-7-19(24-23-18)27-9-3-8-21-27/h3-9,14H,10-13H2,1-2H3,(H,22,28). The molecule has 0 bridgehead atoms. The number of hydrogen-bond donors (Lipinski definition) is 1. The lowest BCUT2D eigenvalue weighted by Crippen LogP contribution is -2.50. The van der Waals surface area contributed by atoms with E-state index in [0.29, 0.717) is 43.4 Å². The number of aromatic nitrogens is 4. The summed E-state index contributed by atoms with van der Waals surface area (Å²) >= 11 is 0. The lowest BCUT2D eigenvalue weighted by molar-refractivity contribution is 0.208. The van der Waals surface area contributed by atoms with Gasteiger partial charge in [0.05, 0.1) is 12.8 Å². The smallest absolute Gasteiger partial charge is 0.322 e. The Bertz CT molecular complexity index is 965. The number of piperazine rings is 1. The van der Waals surface area contributed by atoms with Crippen molar-refractivity contribution in [2.45, 2.75) is 6.92 Å². The monoisotopic (exact) mass is 393 g/mol. The molecule has 1 fully saturated rings. The van der Waals surface area contributed by atoms with E-state index in [4.69, 9.17) is 4.74 Å². The fourth-order valence-corrected chi connectivity index (χ4v) is 3.27. The summed E-state index contributed by atoms with van der Waals surface area (Å²) in [6, 6.07) is 11.2. The third kappa shape index (κ3) is 4.13. The van der Waals surface area contributed by atoms with Crippen molar-refractivity contribution in [3.05, 3.63) is 54.4 Å². The number of ether oxygens (including phenoxy) is 1. The van der Waals surface area contributed by atoms with Gasteiger partial charge in [-0.3, -0.25) is 0 Å². The van der Waals surface area contributed by atoms with Gasteiger partial charge in [0.1, 0.15) is 5.75 Å². The van der Waals surface area contributed by atoms with Gasteiger partial charge >= 0.3 is 6.03 Å². The molecule has 150 valence electrons. The van der Waals surface area contributed by atoms with Crippen molar-refractivity contribution in [2.75, 3.05) is 43.5 Å². The first-order valence-electron chi connectivity index (χ1n) is 9.43. The molecule has 0 atom stereocenters. The Balaban J connectivity index is 1.35. The van der Waals surface area contributed by atoms with E-state index >= 15 is 0 Å². The maximum Gasteiger partial charge on any atom is 0.322 e. The summed E-state index contributed by atoms with van der Waals surface area (Å²) in [5.74, 6) is 2.11. The van der Waals surface area contributed by atoms with Gasteiger partial charge in [-0.25, -0.2) is 9.48 Å². The molecule has 3 heterocycles. The highest BCUT2D eigenvalue weighted by molar-refractivity contribution is 5.91. The van der Waals surface area contributed by atoms with E-state index in [0.717, 1.165) is 11.4 Å². The van der Waals surface area contributed by atoms with Gasteiger partial charge in [0.2, 0.25) is 0 Å². The van der Waals surface area contributed by atoms with Crippen LogP contribution in [0.15, 0.2) is 48.8 Å². The molecular weight excluding hydrogens is 370 g/mol. The Hall–Kier alpha value is -3.62. The third-order valence-corrected chi connectivity index (χ3v) is 4.86. The number of urea groups is 1. The highest BCUT2D eigenvalue weighted by Crippen LogP contribution is 2.25. The van der Waals surface area contributed by atoms with Gasteiger partial charge in [0, 0.05) is 38.6 Å². The van der Waals surface area contributed by atoms with Crippen LogP contribution in [0.2, 0.25) is 0 Å². The molecule has 1 saturated heterocycles. The summed E-state index contributed by atoms with van der Waals surface area (Å²) in [7, 11) is 1.60. The van der Waals surface area contributed by atoms with Crippen molar-refractivity contribution >= 4 is 17.5 Å². The maximum atomic E-state index is 12.7. The number of hydrogen-bond acceptors (Lipinski definition) is 6. The minimum absolute atomic E-state index is 0.131. The largest absolute Gasteiger partial charge is 0.495 e. The highest BCUT2D eigenvalue weighted by atomic mass is 16.5. The molecule has 3 aromatic rings. The van der Waals surface area contributed by atoms with E-state index < -0.39 is 0 Å². The molecule has 1 N–H and O–H groups in total. The zero-order chi connectivity index (χ0) is 20.2. The SMILES string of the molecule is COc1ccc(C)cc1NC(=O)N1CCN(c2ccc(-n3cccn3)nn2)CC1. The summed E-state index contributed by atoms with van der Waals surface area (Å²) in [5, 5.41) is 15.6. The van der Waals surface area contributed by atoms with E-state index in [1.165, 1.54) is 0 Å². The van der Waals surface area contributed by atoms with E-state index in [1.807, 2.05) is 49.5 Å². The van der Waals surface area contributed by atoms with Crippen molar-refractivity contribution in [2.24, 2.45) is 0 Å². The molecule has 1 aromatic carbocycles. The van der Waals surface area contributed by atoms with Crippen LogP contribution in [0.5, 0.6) is 5.75 Å². The number of methoxy groups -OCH3 is 1. The third-order valence-electron chi connectivity index (χ3n) is 4.86. The Kier molecular flexibility index (Phi) is 5.28. The van der Waals surface area contributed by atoms with Gasteiger partial charge in [0.15, 0.2) is 11.6 Å². The molecule has 4 rings (SSSR count). The average Bonchev–Trinajstić information content (AvgIpc) is 3.29. The highest BCUT2D eigenvalue weighted by Gasteiger charge is 2.23. The van der Waals surface area contributed by atoms with Gasteiger partial charge in [0.25, 0.3) is 0 Å². The quantitative estimate of drug-likeness (QED) is 0.732. The Morgan fingerprint density at radius 3 is 2.48 bits per heavy atom. The normalized spacial score (nSPS) is 14.0. The average molecular weight is 393 g/mol. The number of amides is 2. The second-order valence-electron chi connectivity index (χ2n) is 6.81. The zero-order valence-electron chi connectivity index (χ0n) is 16.4.